The summed E-state index contributed by atoms with van der Waals surface area (Å²) < 4.78 is 5.28. The van der Waals surface area contributed by atoms with Crippen molar-refractivity contribution in [3.63, 3.8) is 0 Å². The maximum Gasteiger partial charge on any atom is 0.124 e. The SMILES string of the molecule is COc1ccc(C)cc1C(O)CSCC(C)C. The van der Waals surface area contributed by atoms with Gasteiger partial charge < -0.3 is 9.84 Å². The van der Waals surface area contributed by atoms with Crippen molar-refractivity contribution < 1.29 is 9.84 Å². The zero-order valence-electron chi connectivity index (χ0n) is 11.1. The Bertz CT molecular complexity index is 350. The quantitative estimate of drug-likeness (QED) is 0.843. The molecule has 0 bridgehead atoms. The van der Waals surface area contributed by atoms with Gasteiger partial charge in [-0.15, -0.1) is 0 Å². The van der Waals surface area contributed by atoms with Gasteiger partial charge in [-0.3, -0.25) is 0 Å². The van der Waals surface area contributed by atoms with Gasteiger partial charge in [0.15, 0.2) is 0 Å². The Hall–Kier alpha value is -0.670. The van der Waals surface area contributed by atoms with E-state index in [-0.39, 0.29) is 0 Å². The Morgan fingerprint density at radius 1 is 1.29 bits per heavy atom. The van der Waals surface area contributed by atoms with Crippen LogP contribution in [-0.2, 0) is 0 Å². The second kappa shape index (κ2) is 6.92. The molecule has 0 saturated carbocycles. The third kappa shape index (κ3) is 4.60. The van der Waals surface area contributed by atoms with E-state index in [0.717, 1.165) is 28.4 Å². The Morgan fingerprint density at radius 3 is 2.59 bits per heavy atom. The number of methoxy groups -OCH3 is 1. The summed E-state index contributed by atoms with van der Waals surface area (Å²) in [5, 5.41) is 10.2. The minimum atomic E-state index is -0.450. The van der Waals surface area contributed by atoms with E-state index >= 15 is 0 Å². The van der Waals surface area contributed by atoms with Crippen molar-refractivity contribution in [3.05, 3.63) is 29.3 Å². The van der Waals surface area contributed by atoms with Gasteiger partial charge in [-0.25, -0.2) is 0 Å². The predicted octanol–water partition coefficient (Wildman–Crippen LogP) is 3.43. The van der Waals surface area contributed by atoms with Crippen molar-refractivity contribution in [1.29, 1.82) is 0 Å². The first-order chi connectivity index (χ1) is 8.04. The molecule has 17 heavy (non-hydrogen) atoms. The number of benzene rings is 1. The van der Waals surface area contributed by atoms with Crippen LogP contribution in [0.15, 0.2) is 18.2 Å². The van der Waals surface area contributed by atoms with Gasteiger partial charge in [0.2, 0.25) is 0 Å². The normalized spacial score (nSPS) is 12.8. The second-order valence-electron chi connectivity index (χ2n) is 4.69. The molecule has 0 spiro atoms. The fourth-order valence-electron chi connectivity index (χ4n) is 1.62. The Balaban J connectivity index is 2.66. The van der Waals surface area contributed by atoms with Crippen LogP contribution in [0.4, 0.5) is 0 Å². The molecule has 0 amide bonds. The number of aliphatic hydroxyl groups excluding tert-OH is 1. The Kier molecular flexibility index (Phi) is 5.86. The molecule has 0 radical (unpaired) electrons. The maximum absolute atomic E-state index is 10.2. The van der Waals surface area contributed by atoms with Gasteiger partial charge in [0.1, 0.15) is 5.75 Å². The first-order valence-corrected chi connectivity index (χ1v) is 7.10. The number of rotatable bonds is 6. The predicted molar refractivity (Wildman–Crippen MR) is 74.9 cm³/mol. The van der Waals surface area contributed by atoms with Crippen molar-refractivity contribution in [2.24, 2.45) is 5.92 Å². The topological polar surface area (TPSA) is 29.5 Å². The maximum atomic E-state index is 10.2. The summed E-state index contributed by atoms with van der Waals surface area (Å²) in [5.74, 6) is 3.23. The van der Waals surface area contributed by atoms with Crippen LogP contribution in [0, 0.1) is 12.8 Å². The van der Waals surface area contributed by atoms with E-state index in [9.17, 15) is 5.11 Å². The molecule has 1 unspecified atom stereocenters. The number of hydrogen-bond acceptors (Lipinski definition) is 3. The van der Waals surface area contributed by atoms with Crippen LogP contribution < -0.4 is 4.74 Å². The lowest BCUT2D eigenvalue weighted by molar-refractivity contribution is 0.199. The molecule has 1 N–H and O–H groups in total. The first kappa shape index (κ1) is 14.4. The van der Waals surface area contributed by atoms with Gasteiger partial charge in [0, 0.05) is 11.3 Å². The molecule has 1 rings (SSSR count). The first-order valence-electron chi connectivity index (χ1n) is 5.95. The van der Waals surface area contributed by atoms with Crippen LogP contribution in [0.1, 0.15) is 31.1 Å². The lowest BCUT2D eigenvalue weighted by Crippen LogP contribution is -2.05. The standard InChI is InChI=1S/C14H22O2S/c1-10(2)8-17-9-13(15)12-7-11(3)5-6-14(12)16-4/h5-7,10,13,15H,8-9H2,1-4H3. The molecule has 0 heterocycles. The summed E-state index contributed by atoms with van der Waals surface area (Å²) in [5.41, 5.74) is 2.04. The molecule has 1 aromatic rings. The van der Waals surface area contributed by atoms with Crippen LogP contribution in [0.3, 0.4) is 0 Å². The van der Waals surface area contributed by atoms with E-state index in [1.165, 1.54) is 0 Å². The third-order valence-corrected chi connectivity index (χ3v) is 3.92. The minimum absolute atomic E-state index is 0.450. The number of hydrogen-bond donors (Lipinski definition) is 1. The lowest BCUT2D eigenvalue weighted by atomic mass is 10.1. The summed E-state index contributed by atoms with van der Waals surface area (Å²) >= 11 is 1.78. The van der Waals surface area contributed by atoms with Crippen LogP contribution in [0.25, 0.3) is 0 Å². The molecule has 2 nitrogen and oxygen atoms in total. The highest BCUT2D eigenvalue weighted by Gasteiger charge is 2.13. The number of aliphatic hydroxyl groups is 1. The van der Waals surface area contributed by atoms with Gasteiger partial charge in [0.25, 0.3) is 0 Å². The average molecular weight is 254 g/mol. The fourth-order valence-corrected chi connectivity index (χ4v) is 2.63. The highest BCUT2D eigenvalue weighted by atomic mass is 32.2. The highest BCUT2D eigenvalue weighted by Crippen LogP contribution is 2.28. The summed E-state index contributed by atoms with van der Waals surface area (Å²) in [7, 11) is 1.64. The molecular formula is C14H22O2S. The number of aryl methyl sites for hydroxylation is 1. The van der Waals surface area contributed by atoms with Crippen molar-refractivity contribution >= 4 is 11.8 Å². The molecule has 0 aliphatic rings. The molecule has 0 fully saturated rings. The Labute approximate surface area is 108 Å². The average Bonchev–Trinajstić information content (AvgIpc) is 2.28. The molecule has 0 aliphatic carbocycles. The third-order valence-electron chi connectivity index (χ3n) is 2.47. The van der Waals surface area contributed by atoms with E-state index in [4.69, 9.17) is 4.74 Å². The zero-order valence-corrected chi connectivity index (χ0v) is 11.9. The van der Waals surface area contributed by atoms with Gasteiger partial charge in [-0.05, 0) is 30.7 Å². The van der Waals surface area contributed by atoms with Gasteiger partial charge in [-0.1, -0.05) is 25.5 Å². The fraction of sp³-hybridized carbons (Fsp3) is 0.571. The minimum Gasteiger partial charge on any atom is -0.496 e. The lowest BCUT2D eigenvalue weighted by Gasteiger charge is -2.15. The van der Waals surface area contributed by atoms with E-state index in [1.807, 2.05) is 25.1 Å². The van der Waals surface area contributed by atoms with Gasteiger partial charge in [-0.2, -0.15) is 11.8 Å². The monoisotopic (exact) mass is 254 g/mol. The van der Waals surface area contributed by atoms with Crippen molar-refractivity contribution in [2.45, 2.75) is 26.9 Å². The summed E-state index contributed by atoms with van der Waals surface area (Å²) in [4.78, 5) is 0. The molecule has 0 aliphatic heterocycles. The summed E-state index contributed by atoms with van der Waals surface area (Å²) in [6.07, 6.45) is -0.450. The molecule has 1 atom stereocenters. The van der Waals surface area contributed by atoms with Gasteiger partial charge in [0.05, 0.1) is 13.2 Å². The van der Waals surface area contributed by atoms with E-state index < -0.39 is 6.10 Å². The smallest absolute Gasteiger partial charge is 0.124 e. The molecular weight excluding hydrogens is 232 g/mol. The second-order valence-corrected chi connectivity index (χ2v) is 5.77. The van der Waals surface area contributed by atoms with Crippen molar-refractivity contribution in [2.75, 3.05) is 18.6 Å². The molecule has 3 heteroatoms. The van der Waals surface area contributed by atoms with Crippen molar-refractivity contribution in [3.8, 4) is 5.75 Å². The molecule has 0 aromatic heterocycles. The zero-order chi connectivity index (χ0) is 12.8. The van der Waals surface area contributed by atoms with Crippen LogP contribution >= 0.6 is 11.8 Å². The Morgan fingerprint density at radius 2 is 2.00 bits per heavy atom. The molecule has 96 valence electrons. The van der Waals surface area contributed by atoms with Crippen LogP contribution in [-0.4, -0.2) is 23.7 Å². The number of thioether (sulfide) groups is 1. The summed E-state index contributed by atoms with van der Waals surface area (Å²) in [6, 6.07) is 5.91. The molecule has 0 saturated heterocycles. The van der Waals surface area contributed by atoms with E-state index in [2.05, 4.69) is 13.8 Å². The molecule has 1 aromatic carbocycles. The van der Waals surface area contributed by atoms with Crippen LogP contribution in [0.2, 0.25) is 0 Å². The van der Waals surface area contributed by atoms with Crippen LogP contribution in [0.5, 0.6) is 5.75 Å². The highest BCUT2D eigenvalue weighted by molar-refractivity contribution is 7.99. The largest absolute Gasteiger partial charge is 0.496 e. The van der Waals surface area contributed by atoms with E-state index in [1.54, 1.807) is 18.9 Å². The van der Waals surface area contributed by atoms with Gasteiger partial charge >= 0.3 is 0 Å². The summed E-state index contributed by atoms with van der Waals surface area (Å²) in [6.45, 7) is 6.40. The van der Waals surface area contributed by atoms with E-state index in [0.29, 0.717) is 5.92 Å². The number of ether oxygens (including phenoxy) is 1. The van der Waals surface area contributed by atoms with Crippen molar-refractivity contribution in [1.82, 2.24) is 0 Å².